The number of thiazole rings is 1. The first-order valence-corrected chi connectivity index (χ1v) is 7.22. The first-order valence-electron chi connectivity index (χ1n) is 6.34. The number of carboxylic acids is 1. The first-order chi connectivity index (χ1) is 9.63. The molecule has 0 saturated carbocycles. The molecule has 1 aliphatic heterocycles. The summed E-state index contributed by atoms with van der Waals surface area (Å²) in [7, 11) is 0. The molecule has 0 aliphatic carbocycles. The Kier molecular flexibility index (Phi) is 3.40. The van der Waals surface area contributed by atoms with Crippen LogP contribution in [0.4, 0.5) is 9.52 Å². The molecule has 6 heteroatoms. The minimum absolute atomic E-state index is 0.0243. The van der Waals surface area contributed by atoms with E-state index < -0.39 is 11.8 Å². The van der Waals surface area contributed by atoms with Crippen molar-refractivity contribution in [1.29, 1.82) is 0 Å². The standard InChI is InChI=1S/C14H13FN2O2S/c15-12-7-10(13(18)19)2-1-9(12)3-4-11-8-20-14(16-11)17-5-6-17/h1-2,7-8H,3-6H2,(H,18,19). The van der Waals surface area contributed by atoms with E-state index in [0.717, 1.165) is 30.0 Å². The molecule has 3 rings (SSSR count). The van der Waals surface area contributed by atoms with E-state index in [-0.39, 0.29) is 5.56 Å². The average molecular weight is 292 g/mol. The van der Waals surface area contributed by atoms with Crippen LogP contribution in [0, 0.1) is 5.82 Å². The van der Waals surface area contributed by atoms with Crippen molar-refractivity contribution in [2.24, 2.45) is 0 Å². The summed E-state index contributed by atoms with van der Waals surface area (Å²) >= 11 is 1.61. The van der Waals surface area contributed by atoms with Gasteiger partial charge in [0.1, 0.15) is 5.82 Å². The Labute approximate surface area is 119 Å². The highest BCUT2D eigenvalue weighted by Gasteiger charge is 2.21. The van der Waals surface area contributed by atoms with Gasteiger partial charge in [0.2, 0.25) is 0 Å². The number of nitrogens with zero attached hydrogens (tertiary/aromatic N) is 2. The average Bonchev–Trinajstić information content (AvgIpc) is 3.17. The topological polar surface area (TPSA) is 53.2 Å². The zero-order valence-corrected chi connectivity index (χ0v) is 11.5. The van der Waals surface area contributed by atoms with Crippen LogP contribution in [0.1, 0.15) is 21.6 Å². The van der Waals surface area contributed by atoms with Crippen LogP contribution in [0.3, 0.4) is 0 Å². The molecule has 0 atom stereocenters. The number of anilines is 1. The maximum Gasteiger partial charge on any atom is 0.335 e. The zero-order chi connectivity index (χ0) is 14.1. The molecule has 0 bridgehead atoms. The van der Waals surface area contributed by atoms with Gasteiger partial charge in [-0.15, -0.1) is 11.3 Å². The molecule has 0 spiro atoms. The van der Waals surface area contributed by atoms with Gasteiger partial charge in [0.05, 0.1) is 11.3 Å². The predicted octanol–water partition coefficient (Wildman–Crippen LogP) is 2.59. The van der Waals surface area contributed by atoms with E-state index in [1.165, 1.54) is 12.1 Å². The van der Waals surface area contributed by atoms with Crippen molar-refractivity contribution in [3.05, 3.63) is 46.2 Å². The quantitative estimate of drug-likeness (QED) is 0.861. The number of carboxylic acid groups (broad SMARTS) is 1. The summed E-state index contributed by atoms with van der Waals surface area (Å²) in [6.45, 7) is 2.14. The van der Waals surface area contributed by atoms with Gasteiger partial charge >= 0.3 is 5.97 Å². The highest BCUT2D eigenvalue weighted by Crippen LogP contribution is 2.26. The zero-order valence-electron chi connectivity index (χ0n) is 10.7. The molecule has 1 aromatic carbocycles. The number of hydrogen-bond acceptors (Lipinski definition) is 4. The minimum Gasteiger partial charge on any atom is -0.478 e. The molecule has 1 saturated heterocycles. The number of aromatic nitrogens is 1. The van der Waals surface area contributed by atoms with Gasteiger partial charge in [-0.05, 0) is 30.5 Å². The SMILES string of the molecule is O=C(O)c1ccc(CCc2csc(N3CC3)n2)c(F)c1. The van der Waals surface area contributed by atoms with Crippen molar-refractivity contribution in [3.8, 4) is 0 Å². The molecule has 1 aromatic heterocycles. The fourth-order valence-electron chi connectivity index (χ4n) is 1.94. The lowest BCUT2D eigenvalue weighted by Crippen LogP contribution is -2.01. The summed E-state index contributed by atoms with van der Waals surface area (Å²) in [5, 5.41) is 11.8. The van der Waals surface area contributed by atoms with Gasteiger partial charge in [-0.25, -0.2) is 14.2 Å². The van der Waals surface area contributed by atoms with Crippen molar-refractivity contribution in [2.45, 2.75) is 12.8 Å². The Bertz CT molecular complexity index is 652. The van der Waals surface area contributed by atoms with Gasteiger partial charge in [-0.1, -0.05) is 6.07 Å². The highest BCUT2D eigenvalue weighted by atomic mass is 32.1. The minimum atomic E-state index is -1.11. The van der Waals surface area contributed by atoms with Gasteiger partial charge in [0, 0.05) is 18.5 Å². The molecule has 104 valence electrons. The number of benzene rings is 1. The Morgan fingerprint density at radius 2 is 2.20 bits per heavy atom. The molecule has 20 heavy (non-hydrogen) atoms. The summed E-state index contributed by atoms with van der Waals surface area (Å²) in [5.74, 6) is -1.58. The third kappa shape index (κ3) is 2.80. The molecule has 1 aliphatic rings. The van der Waals surface area contributed by atoms with Crippen LogP contribution in [-0.2, 0) is 12.8 Å². The molecule has 2 aromatic rings. The van der Waals surface area contributed by atoms with Crippen LogP contribution in [0.2, 0.25) is 0 Å². The number of halogens is 1. The lowest BCUT2D eigenvalue weighted by atomic mass is 10.1. The molecular formula is C14H13FN2O2S. The second-order valence-electron chi connectivity index (χ2n) is 4.72. The molecule has 2 heterocycles. The van der Waals surface area contributed by atoms with Crippen LogP contribution in [0.15, 0.2) is 23.6 Å². The Hall–Kier alpha value is -1.95. The van der Waals surface area contributed by atoms with Gasteiger partial charge in [0.15, 0.2) is 5.13 Å². The maximum absolute atomic E-state index is 13.8. The van der Waals surface area contributed by atoms with E-state index >= 15 is 0 Å². The van der Waals surface area contributed by atoms with Crippen LogP contribution in [0.25, 0.3) is 0 Å². The Morgan fingerprint density at radius 1 is 1.40 bits per heavy atom. The van der Waals surface area contributed by atoms with Gasteiger partial charge < -0.3 is 10.0 Å². The van der Waals surface area contributed by atoms with Crippen LogP contribution in [0.5, 0.6) is 0 Å². The fourth-order valence-corrected chi connectivity index (χ4v) is 2.86. The Balaban J connectivity index is 1.66. The van der Waals surface area contributed by atoms with Crippen molar-refractivity contribution < 1.29 is 14.3 Å². The third-order valence-corrected chi connectivity index (χ3v) is 4.16. The maximum atomic E-state index is 13.8. The molecule has 0 amide bonds. The van der Waals surface area contributed by atoms with Crippen LogP contribution < -0.4 is 4.90 Å². The van der Waals surface area contributed by atoms with Gasteiger partial charge in [0.25, 0.3) is 0 Å². The molecule has 1 fully saturated rings. The second kappa shape index (κ2) is 5.20. The molecular weight excluding hydrogens is 279 g/mol. The molecule has 1 N–H and O–H groups in total. The van der Waals surface area contributed by atoms with Gasteiger partial charge in [-0.3, -0.25) is 0 Å². The number of hydrogen-bond donors (Lipinski definition) is 1. The Morgan fingerprint density at radius 3 is 2.85 bits per heavy atom. The van der Waals surface area contributed by atoms with Crippen LogP contribution in [-0.4, -0.2) is 29.1 Å². The van der Waals surface area contributed by atoms with E-state index in [2.05, 4.69) is 9.88 Å². The number of carbonyl (C=O) groups is 1. The second-order valence-corrected chi connectivity index (χ2v) is 5.56. The summed E-state index contributed by atoms with van der Waals surface area (Å²) in [6, 6.07) is 4.04. The number of aromatic carboxylic acids is 1. The number of rotatable bonds is 5. The van der Waals surface area contributed by atoms with E-state index in [0.29, 0.717) is 18.4 Å². The highest BCUT2D eigenvalue weighted by molar-refractivity contribution is 7.13. The molecule has 4 nitrogen and oxygen atoms in total. The van der Waals surface area contributed by atoms with Gasteiger partial charge in [-0.2, -0.15) is 0 Å². The third-order valence-electron chi connectivity index (χ3n) is 3.21. The molecule has 0 unspecified atom stereocenters. The summed E-state index contributed by atoms with van der Waals surface area (Å²) in [4.78, 5) is 17.4. The lowest BCUT2D eigenvalue weighted by molar-refractivity contribution is 0.0696. The van der Waals surface area contributed by atoms with E-state index in [1.54, 1.807) is 11.3 Å². The van der Waals surface area contributed by atoms with E-state index in [9.17, 15) is 9.18 Å². The van der Waals surface area contributed by atoms with E-state index in [1.807, 2.05) is 5.38 Å². The van der Waals surface area contributed by atoms with Crippen molar-refractivity contribution in [3.63, 3.8) is 0 Å². The van der Waals surface area contributed by atoms with Crippen LogP contribution >= 0.6 is 11.3 Å². The summed E-state index contributed by atoms with van der Waals surface area (Å²) in [5.41, 5.74) is 1.46. The number of aryl methyl sites for hydroxylation is 2. The van der Waals surface area contributed by atoms with Crippen molar-refractivity contribution in [1.82, 2.24) is 4.98 Å². The van der Waals surface area contributed by atoms with E-state index in [4.69, 9.17) is 5.11 Å². The van der Waals surface area contributed by atoms with Crippen molar-refractivity contribution in [2.75, 3.05) is 18.0 Å². The normalized spacial score (nSPS) is 13.6. The van der Waals surface area contributed by atoms with Crippen molar-refractivity contribution >= 4 is 22.4 Å². The monoisotopic (exact) mass is 292 g/mol. The fraction of sp³-hybridized carbons (Fsp3) is 0.286. The smallest absolute Gasteiger partial charge is 0.335 e. The molecule has 0 radical (unpaired) electrons. The summed E-state index contributed by atoms with van der Waals surface area (Å²) < 4.78 is 13.8. The lowest BCUT2D eigenvalue weighted by Gasteiger charge is -2.03. The predicted molar refractivity (Wildman–Crippen MR) is 75.1 cm³/mol. The largest absolute Gasteiger partial charge is 0.478 e. The first kappa shape index (κ1) is 13.1. The summed E-state index contributed by atoms with van der Waals surface area (Å²) in [6.07, 6.45) is 1.18.